The van der Waals surface area contributed by atoms with E-state index in [9.17, 15) is 4.79 Å². The average Bonchev–Trinajstić information content (AvgIpc) is 1.85. The van der Waals surface area contributed by atoms with Gasteiger partial charge in [0.15, 0.2) is 0 Å². The number of hydrogen-bond donors (Lipinski definition) is 1. The Morgan fingerprint density at radius 2 is 2.45 bits per heavy atom. The van der Waals surface area contributed by atoms with Crippen molar-refractivity contribution in [2.45, 2.75) is 17.3 Å². The maximum Gasteiger partial charge on any atom is 0.335 e. The fourth-order valence-electron chi connectivity index (χ4n) is 1.08. The highest BCUT2D eigenvalue weighted by molar-refractivity contribution is 14.1. The van der Waals surface area contributed by atoms with Gasteiger partial charge >= 0.3 is 5.97 Å². The first kappa shape index (κ1) is 8.77. The van der Waals surface area contributed by atoms with E-state index in [1.54, 1.807) is 6.08 Å². The first-order chi connectivity index (χ1) is 5.11. The van der Waals surface area contributed by atoms with Crippen molar-refractivity contribution < 1.29 is 9.90 Å². The SMILES string of the molecule is CC1=CC(I)CC=C1C(=O)O. The van der Waals surface area contributed by atoms with Gasteiger partial charge in [-0.25, -0.2) is 4.79 Å². The van der Waals surface area contributed by atoms with Crippen LogP contribution < -0.4 is 0 Å². The lowest BCUT2D eigenvalue weighted by Crippen LogP contribution is -2.08. The van der Waals surface area contributed by atoms with E-state index in [2.05, 4.69) is 22.6 Å². The lowest BCUT2D eigenvalue weighted by Gasteiger charge is -2.11. The van der Waals surface area contributed by atoms with Gasteiger partial charge in [0.05, 0.1) is 5.57 Å². The van der Waals surface area contributed by atoms with Crippen LogP contribution in [0.15, 0.2) is 23.3 Å². The Balaban J connectivity index is 2.86. The predicted octanol–water partition coefficient (Wildman–Crippen LogP) is 2.15. The van der Waals surface area contributed by atoms with Crippen LogP contribution in [-0.2, 0) is 4.79 Å². The van der Waals surface area contributed by atoms with E-state index in [4.69, 9.17) is 5.11 Å². The molecule has 1 rings (SSSR count). The van der Waals surface area contributed by atoms with E-state index in [-0.39, 0.29) is 0 Å². The molecule has 0 spiro atoms. The van der Waals surface area contributed by atoms with Gasteiger partial charge in [-0.05, 0) is 18.9 Å². The van der Waals surface area contributed by atoms with Gasteiger partial charge < -0.3 is 5.11 Å². The zero-order valence-corrected chi connectivity index (χ0v) is 8.33. The van der Waals surface area contributed by atoms with Crippen molar-refractivity contribution >= 4 is 28.6 Å². The molecule has 3 heteroatoms. The van der Waals surface area contributed by atoms with Gasteiger partial charge in [-0.1, -0.05) is 34.7 Å². The Morgan fingerprint density at radius 3 is 2.91 bits per heavy atom. The fraction of sp³-hybridized carbons (Fsp3) is 0.375. The van der Waals surface area contributed by atoms with Crippen LogP contribution >= 0.6 is 22.6 Å². The zero-order valence-electron chi connectivity index (χ0n) is 6.17. The summed E-state index contributed by atoms with van der Waals surface area (Å²) in [5, 5.41) is 8.68. The number of carbonyl (C=O) groups is 1. The van der Waals surface area contributed by atoms with Crippen LogP contribution in [0, 0.1) is 0 Å². The molecular weight excluding hydrogens is 255 g/mol. The Hall–Kier alpha value is -0.320. The maximum atomic E-state index is 10.6. The summed E-state index contributed by atoms with van der Waals surface area (Å²) in [5.41, 5.74) is 1.33. The molecule has 1 unspecified atom stereocenters. The summed E-state index contributed by atoms with van der Waals surface area (Å²) in [6.45, 7) is 1.84. The minimum atomic E-state index is -0.818. The van der Waals surface area contributed by atoms with E-state index < -0.39 is 5.97 Å². The van der Waals surface area contributed by atoms with Crippen molar-refractivity contribution in [2.24, 2.45) is 0 Å². The van der Waals surface area contributed by atoms with Gasteiger partial charge in [-0.2, -0.15) is 0 Å². The summed E-state index contributed by atoms with van der Waals surface area (Å²) >= 11 is 2.29. The molecule has 1 aliphatic rings. The smallest absolute Gasteiger partial charge is 0.335 e. The summed E-state index contributed by atoms with van der Waals surface area (Å²) in [6, 6.07) is 0. The molecule has 0 fully saturated rings. The van der Waals surface area contributed by atoms with Crippen molar-refractivity contribution in [3.8, 4) is 0 Å². The van der Waals surface area contributed by atoms with Crippen LogP contribution in [0.2, 0.25) is 0 Å². The summed E-state index contributed by atoms with van der Waals surface area (Å²) in [6.07, 6.45) is 4.61. The second-order valence-corrected chi connectivity index (χ2v) is 4.12. The summed E-state index contributed by atoms with van der Waals surface area (Å²) in [7, 11) is 0. The molecule has 0 aromatic rings. The molecule has 0 aliphatic heterocycles. The van der Waals surface area contributed by atoms with Gasteiger partial charge in [0, 0.05) is 3.92 Å². The number of rotatable bonds is 1. The van der Waals surface area contributed by atoms with E-state index in [1.807, 2.05) is 13.0 Å². The maximum absolute atomic E-state index is 10.6. The number of carboxylic acids is 1. The third-order valence-corrected chi connectivity index (χ3v) is 2.50. The quantitative estimate of drug-likeness (QED) is 0.582. The summed E-state index contributed by atoms with van der Waals surface area (Å²) < 4.78 is 0.454. The summed E-state index contributed by atoms with van der Waals surface area (Å²) in [4.78, 5) is 10.6. The van der Waals surface area contributed by atoms with Gasteiger partial charge in [0.25, 0.3) is 0 Å². The third-order valence-electron chi connectivity index (χ3n) is 1.63. The number of alkyl halides is 1. The molecule has 0 aromatic carbocycles. The number of allylic oxidation sites excluding steroid dienone is 2. The van der Waals surface area contributed by atoms with Crippen LogP contribution in [-0.4, -0.2) is 15.0 Å². The molecule has 0 heterocycles. The molecule has 0 bridgehead atoms. The average molecular weight is 264 g/mol. The first-order valence-corrected chi connectivity index (χ1v) is 4.62. The zero-order chi connectivity index (χ0) is 8.43. The van der Waals surface area contributed by atoms with Gasteiger partial charge in [-0.15, -0.1) is 0 Å². The van der Waals surface area contributed by atoms with E-state index in [1.165, 1.54) is 0 Å². The Labute approximate surface area is 79.1 Å². The second-order valence-electron chi connectivity index (χ2n) is 2.52. The molecule has 60 valence electrons. The highest BCUT2D eigenvalue weighted by atomic mass is 127. The number of halogens is 1. The molecule has 0 saturated carbocycles. The van der Waals surface area contributed by atoms with E-state index in [0.29, 0.717) is 9.50 Å². The highest BCUT2D eigenvalue weighted by Crippen LogP contribution is 2.22. The monoisotopic (exact) mass is 264 g/mol. The lowest BCUT2D eigenvalue weighted by molar-refractivity contribution is -0.132. The van der Waals surface area contributed by atoms with Gasteiger partial charge in [0.2, 0.25) is 0 Å². The molecule has 1 N–H and O–H groups in total. The largest absolute Gasteiger partial charge is 0.478 e. The van der Waals surface area contributed by atoms with Crippen molar-refractivity contribution in [1.29, 1.82) is 0 Å². The molecular formula is C8H9IO2. The molecule has 0 aromatic heterocycles. The molecule has 0 amide bonds. The molecule has 1 atom stereocenters. The molecule has 0 saturated heterocycles. The van der Waals surface area contributed by atoms with Crippen LogP contribution in [0.4, 0.5) is 0 Å². The summed E-state index contributed by atoms with van der Waals surface area (Å²) in [5.74, 6) is -0.818. The van der Waals surface area contributed by atoms with Crippen LogP contribution in [0.3, 0.4) is 0 Å². The third kappa shape index (κ3) is 2.05. The van der Waals surface area contributed by atoms with E-state index in [0.717, 1.165) is 12.0 Å². The fourth-order valence-corrected chi connectivity index (χ4v) is 1.87. The van der Waals surface area contributed by atoms with Gasteiger partial charge in [-0.3, -0.25) is 0 Å². The normalized spacial score (nSPS) is 24.0. The van der Waals surface area contributed by atoms with Gasteiger partial charge in [0.1, 0.15) is 0 Å². The van der Waals surface area contributed by atoms with Crippen LogP contribution in [0.1, 0.15) is 13.3 Å². The van der Waals surface area contributed by atoms with Crippen molar-refractivity contribution in [2.75, 3.05) is 0 Å². The topological polar surface area (TPSA) is 37.3 Å². The van der Waals surface area contributed by atoms with Crippen molar-refractivity contribution in [1.82, 2.24) is 0 Å². The second kappa shape index (κ2) is 3.38. The molecule has 1 aliphatic carbocycles. The Morgan fingerprint density at radius 1 is 1.82 bits per heavy atom. The number of hydrogen-bond acceptors (Lipinski definition) is 1. The minimum Gasteiger partial charge on any atom is -0.478 e. The first-order valence-electron chi connectivity index (χ1n) is 3.37. The minimum absolute atomic E-state index is 0.454. The number of carboxylic acid groups (broad SMARTS) is 1. The lowest BCUT2D eigenvalue weighted by atomic mass is 10.00. The van der Waals surface area contributed by atoms with Crippen LogP contribution in [0.5, 0.6) is 0 Å². The Bertz CT molecular complexity index is 240. The number of aliphatic carboxylic acids is 1. The van der Waals surface area contributed by atoms with Crippen molar-refractivity contribution in [3.05, 3.63) is 23.3 Å². The van der Waals surface area contributed by atoms with E-state index >= 15 is 0 Å². The molecule has 2 nitrogen and oxygen atoms in total. The van der Waals surface area contributed by atoms with Crippen LogP contribution in [0.25, 0.3) is 0 Å². The Kier molecular flexibility index (Phi) is 2.70. The van der Waals surface area contributed by atoms with Crippen molar-refractivity contribution in [3.63, 3.8) is 0 Å². The highest BCUT2D eigenvalue weighted by Gasteiger charge is 2.14. The predicted molar refractivity (Wildman–Crippen MR) is 51.9 cm³/mol. The standard InChI is InChI=1S/C8H9IO2/c1-5-4-6(9)2-3-7(5)8(10)11/h3-4,6H,2H2,1H3,(H,10,11). The molecule has 11 heavy (non-hydrogen) atoms. The molecule has 0 radical (unpaired) electrons.